The normalized spacial score (nSPS) is 13.2. The van der Waals surface area contributed by atoms with Gasteiger partial charge >= 0.3 is 5.69 Å². The highest BCUT2D eigenvalue weighted by Gasteiger charge is 2.24. The molecular weight excluding hydrogens is 343 g/mol. The minimum Gasteiger partial charge on any atom is -0.304 e. The van der Waals surface area contributed by atoms with Crippen molar-refractivity contribution in [1.82, 2.24) is 0 Å². The highest BCUT2D eigenvalue weighted by Crippen LogP contribution is 2.45. The van der Waals surface area contributed by atoms with Gasteiger partial charge in [-0.05, 0) is 56.6 Å². The molecule has 0 saturated carbocycles. The van der Waals surface area contributed by atoms with E-state index in [1.807, 2.05) is 70.2 Å². The summed E-state index contributed by atoms with van der Waals surface area (Å²) in [5.74, 6) is 0. The van der Waals surface area contributed by atoms with Crippen LogP contribution in [-0.4, -0.2) is 9.79 Å². The van der Waals surface area contributed by atoms with E-state index in [0.717, 1.165) is 38.1 Å². The molecule has 0 bridgehead atoms. The summed E-state index contributed by atoms with van der Waals surface area (Å²) >= 11 is 3.93. The Kier molecular flexibility index (Phi) is 8.24. The minimum atomic E-state index is -3.29. The van der Waals surface area contributed by atoms with Crippen LogP contribution in [0.3, 0.4) is 0 Å². The van der Waals surface area contributed by atoms with E-state index in [9.17, 15) is 9.79 Å². The van der Waals surface area contributed by atoms with E-state index in [4.69, 9.17) is 0 Å². The van der Waals surface area contributed by atoms with E-state index in [-0.39, 0.29) is 0 Å². The summed E-state index contributed by atoms with van der Waals surface area (Å²) in [6, 6.07) is 1.99. The molecule has 1 aromatic carbocycles. The molecule has 2 nitrogen and oxygen atoms in total. The molecule has 23 heavy (non-hydrogen) atoms. The second-order valence-electron chi connectivity index (χ2n) is 4.81. The predicted octanol–water partition coefficient (Wildman–Crippen LogP) is 5.85. The molecule has 2 N–H and O–H groups in total. The van der Waals surface area contributed by atoms with E-state index in [2.05, 4.69) is 24.4 Å². The van der Waals surface area contributed by atoms with E-state index in [1.54, 1.807) is 0 Å². The van der Waals surface area contributed by atoms with Gasteiger partial charge < -0.3 is 9.79 Å². The lowest BCUT2D eigenvalue weighted by Crippen LogP contribution is -1.96. The van der Waals surface area contributed by atoms with E-state index >= 15 is 0 Å². The van der Waals surface area contributed by atoms with Gasteiger partial charge in [0.25, 0.3) is 10.9 Å². The molecule has 124 valence electrons. The Bertz CT molecular complexity index is 715. The summed E-state index contributed by atoms with van der Waals surface area (Å²) in [5.41, 5.74) is 0.894. The molecule has 0 aromatic heterocycles. The quantitative estimate of drug-likeness (QED) is 0.347. The number of thiol groups is 1. The fraction of sp³-hybridized carbons (Fsp3) is 0.222. The van der Waals surface area contributed by atoms with Gasteiger partial charge in [0, 0.05) is 11.6 Å². The standard InChI is InChI=1S/C18H24O2PS2/c1-5-9-14-13-18(23-21(19,20)22)17(12-8-4)16(11-7-3)15(14)10-6-2/h5-13,19-20,22H,1-4H3/q+1. The van der Waals surface area contributed by atoms with Crippen LogP contribution < -0.4 is 0 Å². The second kappa shape index (κ2) is 9.41. The van der Waals surface area contributed by atoms with Gasteiger partial charge in [0.2, 0.25) is 4.90 Å². The first-order valence-corrected chi connectivity index (χ1v) is 11.6. The summed E-state index contributed by atoms with van der Waals surface area (Å²) in [4.78, 5) is 20.4. The average molecular weight is 367 g/mol. The molecule has 0 radical (unpaired) electrons. The van der Waals surface area contributed by atoms with Crippen LogP contribution in [0.1, 0.15) is 49.9 Å². The second-order valence-corrected chi connectivity index (χ2v) is 11.0. The molecule has 0 amide bonds. The first-order chi connectivity index (χ1) is 10.9. The van der Waals surface area contributed by atoms with Crippen molar-refractivity contribution in [3.8, 4) is 0 Å². The van der Waals surface area contributed by atoms with Crippen LogP contribution in [0.5, 0.6) is 0 Å². The number of benzene rings is 1. The molecule has 0 aliphatic carbocycles. The lowest BCUT2D eigenvalue weighted by Gasteiger charge is -2.10. The molecule has 0 heterocycles. The van der Waals surface area contributed by atoms with Crippen LogP contribution in [0.15, 0.2) is 35.3 Å². The van der Waals surface area contributed by atoms with Gasteiger partial charge in [-0.1, -0.05) is 48.6 Å². The summed E-state index contributed by atoms with van der Waals surface area (Å²) in [6.45, 7) is 7.88. The van der Waals surface area contributed by atoms with Crippen LogP contribution in [0.2, 0.25) is 0 Å². The summed E-state index contributed by atoms with van der Waals surface area (Å²) in [7, 11) is 1.02. The van der Waals surface area contributed by atoms with Gasteiger partial charge in [-0.15, -0.1) is 0 Å². The predicted molar refractivity (Wildman–Crippen MR) is 111 cm³/mol. The molecule has 0 unspecified atom stereocenters. The summed E-state index contributed by atoms with van der Waals surface area (Å²) in [5, 5.41) is 0. The van der Waals surface area contributed by atoms with Crippen LogP contribution in [0.25, 0.3) is 24.3 Å². The van der Waals surface area contributed by atoms with Crippen LogP contribution in [0, 0.1) is 0 Å². The fourth-order valence-corrected chi connectivity index (χ4v) is 5.05. The van der Waals surface area contributed by atoms with Crippen molar-refractivity contribution in [3.05, 3.63) is 52.6 Å². The zero-order valence-corrected chi connectivity index (χ0v) is 16.5. The van der Waals surface area contributed by atoms with Crippen LogP contribution >= 0.6 is 17.9 Å². The molecule has 0 aliphatic heterocycles. The first kappa shape index (κ1) is 20.1. The Balaban J connectivity index is 3.98. The van der Waals surface area contributed by atoms with Crippen molar-refractivity contribution in [2.24, 2.45) is 0 Å². The lowest BCUT2D eigenvalue weighted by molar-refractivity contribution is 0.502. The number of rotatable bonds is 5. The third kappa shape index (κ3) is 5.91. The maximum Gasteiger partial charge on any atom is 0.434 e. The summed E-state index contributed by atoms with van der Waals surface area (Å²) in [6.07, 6.45) is 16.1. The Hall–Kier alpha value is -0.900. The smallest absolute Gasteiger partial charge is 0.304 e. The largest absolute Gasteiger partial charge is 0.434 e. The van der Waals surface area contributed by atoms with Gasteiger partial charge in [0.1, 0.15) is 0 Å². The minimum absolute atomic E-state index is 0.811. The zero-order chi connectivity index (χ0) is 17.5. The van der Waals surface area contributed by atoms with E-state index < -0.39 is 5.69 Å². The first-order valence-electron chi connectivity index (χ1n) is 7.36. The molecule has 1 rings (SSSR count). The van der Waals surface area contributed by atoms with Gasteiger partial charge in [-0.3, -0.25) is 0 Å². The molecule has 1 aromatic rings. The van der Waals surface area contributed by atoms with Gasteiger partial charge in [-0.25, -0.2) is 0 Å². The highest BCUT2D eigenvalue weighted by molar-refractivity contribution is 8.62. The highest BCUT2D eigenvalue weighted by atomic mass is 32.9. The van der Waals surface area contributed by atoms with Crippen LogP contribution in [-0.2, 0) is 10.9 Å². The topological polar surface area (TPSA) is 40.5 Å². The average Bonchev–Trinajstić information content (AvgIpc) is 2.45. The van der Waals surface area contributed by atoms with Crippen molar-refractivity contribution >= 4 is 53.2 Å². The van der Waals surface area contributed by atoms with Crippen molar-refractivity contribution < 1.29 is 9.79 Å². The third-order valence-corrected chi connectivity index (χ3v) is 5.85. The number of allylic oxidation sites excluding steroid dienone is 4. The maximum absolute atomic E-state index is 9.80. The lowest BCUT2D eigenvalue weighted by atomic mass is 9.94. The molecule has 0 fully saturated rings. The molecule has 0 aliphatic rings. The number of hydrogen-bond acceptors (Lipinski definition) is 0. The van der Waals surface area contributed by atoms with Crippen molar-refractivity contribution in [1.29, 1.82) is 0 Å². The Morgan fingerprint density at radius 2 is 1.30 bits per heavy atom. The Morgan fingerprint density at radius 1 is 0.826 bits per heavy atom. The van der Waals surface area contributed by atoms with E-state index in [0.29, 0.717) is 0 Å². The third-order valence-electron chi connectivity index (χ3n) is 3.01. The van der Waals surface area contributed by atoms with E-state index in [1.165, 1.54) is 0 Å². The Labute approximate surface area is 148 Å². The SMILES string of the molecule is CC=Cc1cc([S+]=P(O)(O)S)c(C=CC)c(C=CC)c1C=CC. The Morgan fingerprint density at radius 3 is 1.78 bits per heavy atom. The fourth-order valence-electron chi connectivity index (χ4n) is 2.29. The van der Waals surface area contributed by atoms with Gasteiger partial charge in [0.05, 0.1) is 0 Å². The molecular formula is C18H24O2PS2+. The molecule has 5 heteroatoms. The molecule has 0 spiro atoms. The van der Waals surface area contributed by atoms with Gasteiger partial charge in [-0.2, -0.15) is 0 Å². The maximum atomic E-state index is 9.80. The monoisotopic (exact) mass is 367 g/mol. The molecule has 0 atom stereocenters. The zero-order valence-electron chi connectivity index (χ0n) is 13.9. The van der Waals surface area contributed by atoms with Crippen LogP contribution in [0.4, 0.5) is 0 Å². The van der Waals surface area contributed by atoms with Gasteiger partial charge in [0.15, 0.2) is 0 Å². The number of hydrogen-bond donors (Lipinski definition) is 3. The van der Waals surface area contributed by atoms with Crippen molar-refractivity contribution in [3.63, 3.8) is 0 Å². The summed E-state index contributed by atoms with van der Waals surface area (Å²) < 4.78 is 0. The molecule has 0 saturated heterocycles. The van der Waals surface area contributed by atoms with Crippen molar-refractivity contribution in [2.45, 2.75) is 32.6 Å². The van der Waals surface area contributed by atoms with Crippen molar-refractivity contribution in [2.75, 3.05) is 0 Å².